The number of hydrogen-bond acceptors (Lipinski definition) is 3. The molecule has 0 saturated heterocycles. The summed E-state index contributed by atoms with van der Waals surface area (Å²) in [5.41, 5.74) is 7.87. The Morgan fingerprint density at radius 1 is 1.10 bits per heavy atom. The fourth-order valence-electron chi connectivity index (χ4n) is 2.08. The lowest BCUT2D eigenvalue weighted by Gasteiger charge is -2.10. The molecule has 1 aromatic rings. The topological polar surface area (TPSA) is 84.2 Å². The lowest BCUT2D eigenvalue weighted by atomic mass is 10.1. The SMILES string of the molecule is CC(=O)Nc1ccc(NC(=O)CCCCCCN)cc1C. The van der Waals surface area contributed by atoms with Gasteiger partial charge in [-0.1, -0.05) is 12.8 Å². The zero-order valence-corrected chi connectivity index (χ0v) is 12.9. The quantitative estimate of drug-likeness (QED) is 0.644. The van der Waals surface area contributed by atoms with Crippen molar-refractivity contribution in [1.82, 2.24) is 0 Å². The summed E-state index contributed by atoms with van der Waals surface area (Å²) in [6, 6.07) is 5.45. The first kappa shape index (κ1) is 17.2. The van der Waals surface area contributed by atoms with E-state index in [0.29, 0.717) is 13.0 Å². The highest BCUT2D eigenvalue weighted by Gasteiger charge is 2.05. The predicted molar refractivity (Wildman–Crippen MR) is 86.3 cm³/mol. The van der Waals surface area contributed by atoms with E-state index in [0.717, 1.165) is 42.6 Å². The Balaban J connectivity index is 2.42. The van der Waals surface area contributed by atoms with Gasteiger partial charge in [0.15, 0.2) is 0 Å². The lowest BCUT2D eigenvalue weighted by molar-refractivity contribution is -0.116. The average Bonchev–Trinajstić information content (AvgIpc) is 2.41. The molecule has 2 amide bonds. The molecule has 1 aromatic carbocycles. The zero-order chi connectivity index (χ0) is 15.7. The number of nitrogens with two attached hydrogens (primary N) is 1. The minimum absolute atomic E-state index is 0.0226. The molecule has 0 bridgehead atoms. The van der Waals surface area contributed by atoms with Crippen LogP contribution in [0.2, 0.25) is 0 Å². The fraction of sp³-hybridized carbons (Fsp3) is 0.500. The van der Waals surface area contributed by atoms with Gasteiger partial charge in [0.2, 0.25) is 11.8 Å². The summed E-state index contributed by atoms with van der Waals surface area (Å²) >= 11 is 0. The third-order valence-electron chi connectivity index (χ3n) is 3.18. The minimum Gasteiger partial charge on any atom is -0.330 e. The van der Waals surface area contributed by atoms with E-state index in [1.54, 1.807) is 12.1 Å². The normalized spacial score (nSPS) is 10.2. The summed E-state index contributed by atoms with van der Waals surface area (Å²) < 4.78 is 0. The first-order valence-electron chi connectivity index (χ1n) is 7.41. The third-order valence-corrected chi connectivity index (χ3v) is 3.18. The highest BCUT2D eigenvalue weighted by molar-refractivity contribution is 5.92. The highest BCUT2D eigenvalue weighted by atomic mass is 16.2. The van der Waals surface area contributed by atoms with E-state index in [1.807, 2.05) is 13.0 Å². The molecular formula is C16H25N3O2. The van der Waals surface area contributed by atoms with Gasteiger partial charge >= 0.3 is 0 Å². The fourth-order valence-corrected chi connectivity index (χ4v) is 2.08. The Morgan fingerprint density at radius 2 is 1.81 bits per heavy atom. The highest BCUT2D eigenvalue weighted by Crippen LogP contribution is 2.20. The van der Waals surface area contributed by atoms with Crippen LogP contribution in [0.4, 0.5) is 11.4 Å². The van der Waals surface area contributed by atoms with Crippen molar-refractivity contribution in [2.24, 2.45) is 5.73 Å². The molecule has 0 fully saturated rings. The molecule has 1 rings (SSSR count). The molecule has 0 heterocycles. The van der Waals surface area contributed by atoms with Crippen molar-refractivity contribution in [2.45, 2.75) is 46.0 Å². The number of carbonyl (C=O) groups excluding carboxylic acids is 2. The monoisotopic (exact) mass is 291 g/mol. The molecule has 0 unspecified atom stereocenters. The van der Waals surface area contributed by atoms with Crippen molar-refractivity contribution in [3.05, 3.63) is 23.8 Å². The zero-order valence-electron chi connectivity index (χ0n) is 12.9. The van der Waals surface area contributed by atoms with Gasteiger partial charge in [-0.3, -0.25) is 9.59 Å². The van der Waals surface area contributed by atoms with Crippen LogP contribution in [0.1, 0.15) is 44.6 Å². The van der Waals surface area contributed by atoms with Crippen LogP contribution in [-0.2, 0) is 9.59 Å². The number of nitrogens with one attached hydrogen (secondary N) is 2. The Hall–Kier alpha value is -1.88. The van der Waals surface area contributed by atoms with Crippen LogP contribution in [0.3, 0.4) is 0 Å². The van der Waals surface area contributed by atoms with Crippen molar-refractivity contribution in [3.63, 3.8) is 0 Å². The molecule has 0 radical (unpaired) electrons. The van der Waals surface area contributed by atoms with Crippen LogP contribution in [0.25, 0.3) is 0 Å². The predicted octanol–water partition coefficient (Wildman–Crippen LogP) is 2.80. The second-order valence-corrected chi connectivity index (χ2v) is 5.21. The number of amides is 2. The van der Waals surface area contributed by atoms with E-state index >= 15 is 0 Å². The van der Waals surface area contributed by atoms with Crippen molar-refractivity contribution in [1.29, 1.82) is 0 Å². The maximum absolute atomic E-state index is 11.8. The standard InChI is InChI=1S/C16H25N3O2/c1-12-11-14(8-9-15(12)18-13(2)20)19-16(21)7-5-3-4-6-10-17/h8-9,11H,3-7,10,17H2,1-2H3,(H,18,20)(H,19,21). The van der Waals surface area contributed by atoms with Gasteiger partial charge in [0.25, 0.3) is 0 Å². The second-order valence-electron chi connectivity index (χ2n) is 5.21. The molecule has 4 N–H and O–H groups in total. The van der Waals surface area contributed by atoms with Gasteiger partial charge in [0.1, 0.15) is 0 Å². The maximum Gasteiger partial charge on any atom is 0.224 e. The first-order chi connectivity index (χ1) is 10.0. The minimum atomic E-state index is -0.104. The Morgan fingerprint density at radius 3 is 2.43 bits per heavy atom. The lowest BCUT2D eigenvalue weighted by Crippen LogP contribution is -2.12. The first-order valence-corrected chi connectivity index (χ1v) is 7.41. The van der Waals surface area contributed by atoms with E-state index in [1.165, 1.54) is 6.92 Å². The summed E-state index contributed by atoms with van der Waals surface area (Å²) in [5.74, 6) is -0.0817. The van der Waals surface area contributed by atoms with Gasteiger partial charge in [-0.05, 0) is 50.1 Å². The van der Waals surface area contributed by atoms with Crippen molar-refractivity contribution in [3.8, 4) is 0 Å². The van der Waals surface area contributed by atoms with Crippen LogP contribution in [0.5, 0.6) is 0 Å². The van der Waals surface area contributed by atoms with Crippen LogP contribution < -0.4 is 16.4 Å². The molecule has 0 saturated carbocycles. The van der Waals surface area contributed by atoms with Crippen LogP contribution >= 0.6 is 0 Å². The molecule has 5 heteroatoms. The largest absolute Gasteiger partial charge is 0.330 e. The number of carbonyl (C=O) groups is 2. The average molecular weight is 291 g/mol. The van der Waals surface area contributed by atoms with E-state index < -0.39 is 0 Å². The maximum atomic E-state index is 11.8. The van der Waals surface area contributed by atoms with E-state index in [4.69, 9.17) is 5.73 Å². The number of unbranched alkanes of at least 4 members (excludes halogenated alkanes) is 3. The summed E-state index contributed by atoms with van der Waals surface area (Å²) in [7, 11) is 0. The summed E-state index contributed by atoms with van der Waals surface area (Å²) in [5, 5.41) is 5.62. The molecule has 0 aliphatic carbocycles. The van der Waals surface area contributed by atoms with Crippen LogP contribution in [0.15, 0.2) is 18.2 Å². The van der Waals surface area contributed by atoms with Gasteiger partial charge in [-0.15, -0.1) is 0 Å². The third kappa shape index (κ3) is 6.90. The van der Waals surface area contributed by atoms with E-state index in [2.05, 4.69) is 10.6 Å². The number of rotatable bonds is 8. The number of benzene rings is 1. The van der Waals surface area contributed by atoms with Crippen LogP contribution in [-0.4, -0.2) is 18.4 Å². The smallest absolute Gasteiger partial charge is 0.224 e. The number of hydrogen-bond donors (Lipinski definition) is 3. The Kier molecular flexibility index (Phi) is 7.46. The van der Waals surface area contributed by atoms with Crippen molar-refractivity contribution < 1.29 is 9.59 Å². The Bertz CT molecular complexity index is 486. The van der Waals surface area contributed by atoms with Gasteiger partial charge in [0, 0.05) is 24.7 Å². The van der Waals surface area contributed by atoms with Crippen molar-refractivity contribution >= 4 is 23.2 Å². The molecule has 0 atom stereocenters. The number of aryl methyl sites for hydroxylation is 1. The summed E-state index contributed by atoms with van der Waals surface area (Å²) in [4.78, 5) is 22.8. The molecule has 116 valence electrons. The molecule has 0 aliphatic rings. The van der Waals surface area contributed by atoms with Gasteiger partial charge in [-0.2, -0.15) is 0 Å². The molecule has 0 spiro atoms. The summed E-state index contributed by atoms with van der Waals surface area (Å²) in [6.07, 6.45) is 4.54. The number of anilines is 2. The molecular weight excluding hydrogens is 266 g/mol. The Labute approximate surface area is 126 Å². The van der Waals surface area contributed by atoms with Crippen LogP contribution in [0, 0.1) is 6.92 Å². The van der Waals surface area contributed by atoms with E-state index in [-0.39, 0.29) is 11.8 Å². The van der Waals surface area contributed by atoms with E-state index in [9.17, 15) is 9.59 Å². The van der Waals surface area contributed by atoms with Gasteiger partial charge in [-0.25, -0.2) is 0 Å². The molecule has 21 heavy (non-hydrogen) atoms. The van der Waals surface area contributed by atoms with Crippen molar-refractivity contribution in [2.75, 3.05) is 17.2 Å². The summed E-state index contributed by atoms with van der Waals surface area (Å²) in [6.45, 7) is 4.08. The van der Waals surface area contributed by atoms with Gasteiger partial charge in [0.05, 0.1) is 0 Å². The molecule has 0 aliphatic heterocycles. The second kappa shape index (κ2) is 9.13. The molecule has 0 aromatic heterocycles. The molecule has 5 nitrogen and oxygen atoms in total. The van der Waals surface area contributed by atoms with Gasteiger partial charge < -0.3 is 16.4 Å².